The average molecular weight is 449 g/mol. The molecular weight excluding hydrogens is 424 g/mol. The summed E-state index contributed by atoms with van der Waals surface area (Å²) in [7, 11) is -3.92. The third-order valence-electron chi connectivity index (χ3n) is 6.03. The maximum Gasteiger partial charge on any atom is 0.264 e. The van der Waals surface area contributed by atoms with Crippen molar-refractivity contribution in [3.8, 4) is 11.5 Å². The van der Waals surface area contributed by atoms with Crippen molar-refractivity contribution >= 4 is 27.5 Å². The Morgan fingerprint density at radius 2 is 1.63 bits per heavy atom. The third-order valence-corrected chi connectivity index (χ3v) is 7.64. The van der Waals surface area contributed by atoms with Crippen molar-refractivity contribution in [2.24, 2.45) is 17.8 Å². The van der Waals surface area contributed by atoms with Crippen LogP contribution in [0.4, 0.5) is 0 Å². The summed E-state index contributed by atoms with van der Waals surface area (Å²) in [6.45, 7) is 1.97. The maximum atomic E-state index is 12.7. The van der Waals surface area contributed by atoms with Crippen LogP contribution in [0.1, 0.15) is 25.7 Å². The normalized spacial score (nSPS) is 24.0. The Balaban J connectivity index is 1.38. The molecule has 2 aromatic carbocycles. The highest BCUT2D eigenvalue weighted by molar-refractivity contribution is 7.90. The van der Waals surface area contributed by atoms with Gasteiger partial charge in [-0.2, -0.15) is 0 Å². The number of benzene rings is 2. The number of piperidine rings is 1. The number of carbonyl (C=O) groups is 1. The Morgan fingerprint density at radius 3 is 2.33 bits per heavy atom. The van der Waals surface area contributed by atoms with E-state index in [-0.39, 0.29) is 10.8 Å². The first-order valence-electron chi connectivity index (χ1n) is 10.2. The van der Waals surface area contributed by atoms with E-state index in [0.717, 1.165) is 38.8 Å². The molecule has 3 atom stereocenters. The molecule has 30 heavy (non-hydrogen) atoms. The molecule has 1 aliphatic carbocycles. The fourth-order valence-corrected chi connectivity index (χ4v) is 5.53. The van der Waals surface area contributed by atoms with E-state index < -0.39 is 15.9 Å². The largest absolute Gasteiger partial charge is 0.457 e. The second-order valence-corrected chi connectivity index (χ2v) is 10.1. The van der Waals surface area contributed by atoms with E-state index in [1.54, 1.807) is 36.4 Å². The Morgan fingerprint density at radius 1 is 0.967 bits per heavy atom. The van der Waals surface area contributed by atoms with Gasteiger partial charge in [0.1, 0.15) is 11.5 Å². The number of hydrogen-bond donors (Lipinski definition) is 2. The molecule has 1 heterocycles. The fourth-order valence-electron chi connectivity index (χ4n) is 4.36. The molecule has 1 saturated carbocycles. The molecule has 6 nitrogen and oxygen atoms in total. The summed E-state index contributed by atoms with van der Waals surface area (Å²) in [6.07, 6.45) is 3.52. The molecule has 0 spiro atoms. The van der Waals surface area contributed by atoms with Crippen LogP contribution in [-0.2, 0) is 14.8 Å². The van der Waals surface area contributed by atoms with Crippen LogP contribution in [0.15, 0.2) is 53.4 Å². The molecule has 160 valence electrons. The topological polar surface area (TPSA) is 84.5 Å². The standard InChI is InChI=1S/C22H25ClN2O4S/c23-18-3-5-19(6-4-18)29-20-7-9-21(10-8-20)30(27,28)25-22(26)16-1-2-17-14-24-12-11-15(17)13-16/h3-10,15-17,24H,1-2,11-14H2,(H,25,26). The van der Waals surface area contributed by atoms with E-state index in [9.17, 15) is 13.2 Å². The molecule has 2 aromatic rings. The van der Waals surface area contributed by atoms with Crippen LogP contribution in [0.3, 0.4) is 0 Å². The second kappa shape index (κ2) is 8.96. The lowest BCUT2D eigenvalue weighted by molar-refractivity contribution is -0.125. The first kappa shape index (κ1) is 21.2. The number of rotatable bonds is 5. The predicted octanol–water partition coefficient (Wildman–Crippen LogP) is 3.96. The monoisotopic (exact) mass is 448 g/mol. The molecule has 0 radical (unpaired) electrons. The van der Waals surface area contributed by atoms with Gasteiger partial charge in [0.2, 0.25) is 5.91 Å². The van der Waals surface area contributed by atoms with E-state index in [4.69, 9.17) is 16.3 Å². The smallest absolute Gasteiger partial charge is 0.264 e. The summed E-state index contributed by atoms with van der Waals surface area (Å²) >= 11 is 5.86. The molecule has 1 aliphatic heterocycles. The average Bonchev–Trinajstić information content (AvgIpc) is 2.75. The van der Waals surface area contributed by atoms with Gasteiger partial charge in [-0.15, -0.1) is 0 Å². The number of halogens is 1. The van der Waals surface area contributed by atoms with Gasteiger partial charge in [-0.25, -0.2) is 13.1 Å². The zero-order valence-electron chi connectivity index (χ0n) is 16.5. The van der Waals surface area contributed by atoms with Crippen LogP contribution >= 0.6 is 11.6 Å². The summed E-state index contributed by atoms with van der Waals surface area (Å²) < 4.78 is 33.3. The molecule has 1 amide bonds. The van der Waals surface area contributed by atoms with Crippen LogP contribution in [-0.4, -0.2) is 27.4 Å². The lowest BCUT2D eigenvalue weighted by Crippen LogP contribution is -2.44. The van der Waals surface area contributed by atoms with E-state index in [2.05, 4.69) is 10.0 Å². The number of hydrogen-bond acceptors (Lipinski definition) is 5. The molecule has 8 heteroatoms. The molecule has 0 aromatic heterocycles. The van der Waals surface area contributed by atoms with Crippen molar-refractivity contribution in [1.29, 1.82) is 0 Å². The minimum atomic E-state index is -3.92. The van der Waals surface area contributed by atoms with Crippen LogP contribution in [0.25, 0.3) is 0 Å². The van der Waals surface area contributed by atoms with Crippen molar-refractivity contribution in [2.75, 3.05) is 13.1 Å². The minimum Gasteiger partial charge on any atom is -0.457 e. The van der Waals surface area contributed by atoms with Gasteiger partial charge in [0.15, 0.2) is 0 Å². The van der Waals surface area contributed by atoms with Gasteiger partial charge in [0.05, 0.1) is 4.90 Å². The highest BCUT2D eigenvalue weighted by atomic mass is 35.5. The zero-order valence-corrected chi connectivity index (χ0v) is 18.1. The Kier molecular flexibility index (Phi) is 6.32. The lowest BCUT2D eigenvalue weighted by atomic mass is 9.71. The first-order chi connectivity index (χ1) is 14.4. The van der Waals surface area contributed by atoms with E-state index in [0.29, 0.717) is 28.4 Å². The second-order valence-electron chi connectivity index (χ2n) is 8.02. The van der Waals surface area contributed by atoms with Gasteiger partial charge in [-0.05, 0) is 99.1 Å². The summed E-state index contributed by atoms with van der Waals surface area (Å²) in [5, 5.41) is 4.00. The molecule has 3 unspecified atom stereocenters. The van der Waals surface area contributed by atoms with E-state index in [1.807, 2.05) is 0 Å². The number of nitrogens with one attached hydrogen (secondary N) is 2. The van der Waals surface area contributed by atoms with Crippen molar-refractivity contribution in [2.45, 2.75) is 30.6 Å². The van der Waals surface area contributed by atoms with Gasteiger partial charge in [-0.1, -0.05) is 11.6 Å². The highest BCUT2D eigenvalue weighted by Gasteiger charge is 2.36. The quantitative estimate of drug-likeness (QED) is 0.723. The third kappa shape index (κ3) is 4.96. The Bertz CT molecular complexity index is 993. The molecule has 0 bridgehead atoms. The maximum absolute atomic E-state index is 12.7. The SMILES string of the molecule is O=C(NS(=O)(=O)c1ccc(Oc2ccc(Cl)cc2)cc1)C1CCC2CNCCC2C1. The molecule has 2 fully saturated rings. The summed E-state index contributed by atoms with van der Waals surface area (Å²) in [5.41, 5.74) is 0. The number of carbonyl (C=O) groups excluding carboxylic acids is 1. The summed E-state index contributed by atoms with van der Waals surface area (Å²) in [6, 6.07) is 12.9. The zero-order chi connectivity index (χ0) is 21.1. The number of amides is 1. The molecule has 2 aliphatic rings. The number of ether oxygens (including phenoxy) is 1. The summed E-state index contributed by atoms with van der Waals surface area (Å²) in [5.74, 6) is 1.55. The fraction of sp³-hybridized carbons (Fsp3) is 0.409. The molecule has 2 N–H and O–H groups in total. The Hall–Kier alpha value is -2.09. The number of sulfonamides is 1. The van der Waals surface area contributed by atoms with E-state index >= 15 is 0 Å². The summed E-state index contributed by atoms with van der Waals surface area (Å²) in [4.78, 5) is 12.7. The van der Waals surface area contributed by atoms with Crippen molar-refractivity contribution in [1.82, 2.24) is 10.0 Å². The predicted molar refractivity (Wildman–Crippen MR) is 115 cm³/mol. The Labute approximate surface area is 182 Å². The van der Waals surface area contributed by atoms with Crippen molar-refractivity contribution in [3.05, 3.63) is 53.6 Å². The van der Waals surface area contributed by atoms with Crippen LogP contribution in [0, 0.1) is 17.8 Å². The minimum absolute atomic E-state index is 0.0369. The lowest BCUT2D eigenvalue weighted by Gasteiger charge is -2.38. The van der Waals surface area contributed by atoms with Gasteiger partial charge >= 0.3 is 0 Å². The van der Waals surface area contributed by atoms with Gasteiger partial charge in [0.25, 0.3) is 10.0 Å². The van der Waals surface area contributed by atoms with Gasteiger partial charge in [0, 0.05) is 10.9 Å². The van der Waals surface area contributed by atoms with Crippen LogP contribution in [0.2, 0.25) is 5.02 Å². The highest BCUT2D eigenvalue weighted by Crippen LogP contribution is 2.37. The molecule has 4 rings (SSSR count). The molecule has 1 saturated heterocycles. The van der Waals surface area contributed by atoms with Crippen molar-refractivity contribution in [3.63, 3.8) is 0 Å². The number of fused-ring (bicyclic) bond motifs is 1. The van der Waals surface area contributed by atoms with E-state index in [1.165, 1.54) is 12.1 Å². The van der Waals surface area contributed by atoms with Crippen molar-refractivity contribution < 1.29 is 17.9 Å². The van der Waals surface area contributed by atoms with Gasteiger partial charge < -0.3 is 10.1 Å². The first-order valence-corrected chi connectivity index (χ1v) is 12.1. The van der Waals surface area contributed by atoms with Crippen LogP contribution in [0.5, 0.6) is 11.5 Å². The molecular formula is C22H25ClN2O4S. The van der Waals surface area contributed by atoms with Crippen LogP contribution < -0.4 is 14.8 Å². The van der Waals surface area contributed by atoms with Gasteiger partial charge in [-0.3, -0.25) is 4.79 Å².